The second-order valence-corrected chi connectivity index (χ2v) is 8.59. The van der Waals surface area contributed by atoms with Crippen molar-refractivity contribution in [2.75, 3.05) is 18.0 Å². The van der Waals surface area contributed by atoms with Crippen LogP contribution in [0.25, 0.3) is 0 Å². The normalized spacial score (nSPS) is 16.3. The molecule has 1 N–H and O–H groups in total. The number of carbonyl (C=O) groups is 1. The van der Waals surface area contributed by atoms with Gasteiger partial charge in [0.2, 0.25) is 5.91 Å². The minimum Gasteiger partial charge on any atom is -0.354 e. The van der Waals surface area contributed by atoms with Gasteiger partial charge in [-0.15, -0.1) is 0 Å². The summed E-state index contributed by atoms with van der Waals surface area (Å²) in [5.74, 6) is 0.936. The van der Waals surface area contributed by atoms with Crippen molar-refractivity contribution in [2.24, 2.45) is 5.92 Å². The number of amides is 1. The van der Waals surface area contributed by atoms with Gasteiger partial charge in [-0.3, -0.25) is 4.79 Å². The van der Waals surface area contributed by atoms with E-state index in [4.69, 9.17) is 0 Å². The van der Waals surface area contributed by atoms with Gasteiger partial charge in [0.25, 0.3) is 0 Å². The van der Waals surface area contributed by atoms with E-state index in [1.165, 1.54) is 5.56 Å². The monoisotopic (exact) mass is 418 g/mol. The molecule has 0 aliphatic carbocycles. The highest BCUT2D eigenvalue weighted by Crippen LogP contribution is 2.33. The molecule has 2 aromatic carbocycles. The Morgan fingerprint density at radius 1 is 1.10 bits per heavy atom. The van der Waals surface area contributed by atoms with E-state index in [0.29, 0.717) is 13.1 Å². The number of rotatable bonds is 6. The van der Waals surface area contributed by atoms with Gasteiger partial charge in [-0.1, -0.05) is 54.2 Å². The van der Waals surface area contributed by atoms with Crippen molar-refractivity contribution >= 4 is 23.5 Å². The molecule has 1 aromatic heterocycles. The molecule has 1 fully saturated rings. The van der Waals surface area contributed by atoms with Gasteiger partial charge in [0, 0.05) is 36.9 Å². The lowest BCUT2D eigenvalue weighted by atomic mass is 9.97. The summed E-state index contributed by atoms with van der Waals surface area (Å²) >= 11 is 1.61. The average molecular weight is 419 g/mol. The van der Waals surface area contributed by atoms with Crippen LogP contribution in [0.3, 0.4) is 0 Å². The molecule has 6 heteroatoms. The van der Waals surface area contributed by atoms with Gasteiger partial charge in [-0.05, 0) is 43.0 Å². The zero-order valence-corrected chi connectivity index (χ0v) is 17.9. The highest BCUT2D eigenvalue weighted by atomic mass is 32.2. The van der Waals surface area contributed by atoms with Crippen LogP contribution < -0.4 is 10.2 Å². The van der Waals surface area contributed by atoms with E-state index < -0.39 is 0 Å². The van der Waals surface area contributed by atoms with Crippen molar-refractivity contribution in [1.29, 1.82) is 0 Å². The molecule has 1 unspecified atom stereocenters. The van der Waals surface area contributed by atoms with Crippen LogP contribution >= 0.6 is 11.8 Å². The molecule has 154 valence electrons. The molecule has 1 amide bonds. The summed E-state index contributed by atoms with van der Waals surface area (Å²) in [5.41, 5.74) is 2.36. The first kappa shape index (κ1) is 20.4. The molecule has 3 aromatic rings. The third kappa shape index (κ3) is 5.00. The highest BCUT2D eigenvalue weighted by Gasteiger charge is 2.28. The predicted octanol–water partition coefficient (Wildman–Crippen LogP) is 4.47. The van der Waals surface area contributed by atoms with E-state index in [-0.39, 0.29) is 11.8 Å². The number of carbonyl (C=O) groups excluding carboxylic acids is 1. The van der Waals surface area contributed by atoms with Crippen LogP contribution in [0.2, 0.25) is 0 Å². The first-order valence-electron chi connectivity index (χ1n) is 10.3. The molecule has 1 saturated heterocycles. The molecular weight excluding hydrogens is 392 g/mol. The van der Waals surface area contributed by atoms with Crippen molar-refractivity contribution in [2.45, 2.75) is 36.2 Å². The molecule has 0 bridgehead atoms. The standard InChI is InChI=1S/C24H26N4OS/c1-18-8-5-6-9-19(18)16-27-23(29)20-10-7-15-28(17-20)22-24(26-14-13-25-22)30-21-11-3-2-4-12-21/h2-6,8-9,11-14,20H,7,10,15-17H2,1H3,(H,27,29). The van der Waals surface area contributed by atoms with Crippen molar-refractivity contribution in [3.63, 3.8) is 0 Å². The average Bonchev–Trinajstić information content (AvgIpc) is 2.79. The van der Waals surface area contributed by atoms with Gasteiger partial charge >= 0.3 is 0 Å². The smallest absolute Gasteiger partial charge is 0.225 e. The quantitative estimate of drug-likeness (QED) is 0.640. The molecule has 2 heterocycles. The van der Waals surface area contributed by atoms with Crippen LogP contribution in [0.4, 0.5) is 5.82 Å². The molecule has 1 atom stereocenters. The Kier molecular flexibility index (Phi) is 6.64. The molecule has 4 rings (SSSR count). The first-order valence-corrected chi connectivity index (χ1v) is 11.1. The fourth-order valence-corrected chi connectivity index (χ4v) is 4.63. The van der Waals surface area contributed by atoms with Gasteiger partial charge in [0.1, 0.15) is 5.03 Å². The Morgan fingerprint density at radius 2 is 1.87 bits per heavy atom. The molecule has 0 radical (unpaired) electrons. The van der Waals surface area contributed by atoms with E-state index in [9.17, 15) is 4.79 Å². The Morgan fingerprint density at radius 3 is 2.70 bits per heavy atom. The number of hydrogen-bond acceptors (Lipinski definition) is 5. The van der Waals surface area contributed by atoms with Crippen molar-refractivity contribution in [1.82, 2.24) is 15.3 Å². The Labute approximate surface area is 181 Å². The maximum Gasteiger partial charge on any atom is 0.225 e. The van der Waals surface area contributed by atoms with E-state index in [2.05, 4.69) is 51.4 Å². The van der Waals surface area contributed by atoms with Gasteiger partial charge in [0.05, 0.1) is 5.92 Å². The Hall–Kier alpha value is -2.86. The number of hydrogen-bond donors (Lipinski definition) is 1. The summed E-state index contributed by atoms with van der Waals surface area (Å²) in [4.78, 5) is 25.4. The Bertz CT molecular complexity index is 995. The number of nitrogens with one attached hydrogen (secondary N) is 1. The summed E-state index contributed by atoms with van der Waals surface area (Å²) in [6.45, 7) is 4.20. The summed E-state index contributed by atoms with van der Waals surface area (Å²) in [5, 5.41) is 4.01. The van der Waals surface area contributed by atoms with Gasteiger partial charge in [-0.2, -0.15) is 0 Å². The second kappa shape index (κ2) is 9.76. The predicted molar refractivity (Wildman–Crippen MR) is 121 cm³/mol. The number of aryl methyl sites for hydroxylation is 1. The summed E-state index contributed by atoms with van der Waals surface area (Å²) in [6.07, 6.45) is 5.32. The summed E-state index contributed by atoms with van der Waals surface area (Å²) in [7, 11) is 0. The molecular formula is C24H26N4OS. The van der Waals surface area contributed by atoms with Gasteiger partial charge < -0.3 is 10.2 Å². The van der Waals surface area contributed by atoms with Crippen LogP contribution in [0.1, 0.15) is 24.0 Å². The summed E-state index contributed by atoms with van der Waals surface area (Å²) in [6, 6.07) is 18.4. The number of anilines is 1. The van der Waals surface area contributed by atoms with Crippen LogP contribution in [-0.4, -0.2) is 29.0 Å². The third-order valence-corrected chi connectivity index (χ3v) is 6.40. The highest BCUT2D eigenvalue weighted by molar-refractivity contribution is 7.99. The largest absolute Gasteiger partial charge is 0.354 e. The molecule has 1 aliphatic heterocycles. The fourth-order valence-electron chi connectivity index (χ4n) is 3.73. The first-order chi connectivity index (χ1) is 14.7. The minimum absolute atomic E-state index is 0.0423. The fraction of sp³-hybridized carbons (Fsp3) is 0.292. The number of benzene rings is 2. The molecule has 0 saturated carbocycles. The van der Waals surface area contributed by atoms with E-state index in [0.717, 1.165) is 40.7 Å². The zero-order valence-electron chi connectivity index (χ0n) is 17.1. The molecule has 30 heavy (non-hydrogen) atoms. The number of nitrogens with zero attached hydrogens (tertiary/aromatic N) is 3. The van der Waals surface area contributed by atoms with Crippen molar-refractivity contribution in [3.05, 3.63) is 78.1 Å². The molecule has 5 nitrogen and oxygen atoms in total. The zero-order chi connectivity index (χ0) is 20.8. The van der Waals surface area contributed by atoms with Crippen LogP contribution in [0, 0.1) is 12.8 Å². The van der Waals surface area contributed by atoms with Gasteiger partial charge in [0.15, 0.2) is 5.82 Å². The minimum atomic E-state index is -0.0423. The topological polar surface area (TPSA) is 58.1 Å². The SMILES string of the molecule is Cc1ccccc1CNC(=O)C1CCCN(c2nccnc2Sc2ccccc2)C1. The van der Waals surface area contributed by atoms with Crippen LogP contribution in [-0.2, 0) is 11.3 Å². The van der Waals surface area contributed by atoms with Crippen molar-refractivity contribution in [3.8, 4) is 0 Å². The maximum absolute atomic E-state index is 12.9. The van der Waals surface area contributed by atoms with Crippen LogP contribution in [0.15, 0.2) is 76.9 Å². The number of piperidine rings is 1. The van der Waals surface area contributed by atoms with Gasteiger partial charge in [-0.25, -0.2) is 9.97 Å². The van der Waals surface area contributed by atoms with E-state index >= 15 is 0 Å². The lowest BCUT2D eigenvalue weighted by molar-refractivity contribution is -0.125. The van der Waals surface area contributed by atoms with E-state index in [1.807, 2.05) is 30.3 Å². The maximum atomic E-state index is 12.9. The number of aromatic nitrogens is 2. The second-order valence-electron chi connectivity index (χ2n) is 7.53. The van der Waals surface area contributed by atoms with E-state index in [1.54, 1.807) is 24.2 Å². The molecule has 0 spiro atoms. The van der Waals surface area contributed by atoms with Crippen molar-refractivity contribution < 1.29 is 4.79 Å². The van der Waals surface area contributed by atoms with Crippen LogP contribution in [0.5, 0.6) is 0 Å². The molecule has 1 aliphatic rings. The lowest BCUT2D eigenvalue weighted by Gasteiger charge is -2.33. The summed E-state index contributed by atoms with van der Waals surface area (Å²) < 4.78 is 0. The Balaban J connectivity index is 1.43. The third-order valence-electron chi connectivity index (χ3n) is 5.41. The lowest BCUT2D eigenvalue weighted by Crippen LogP contribution is -2.43.